The monoisotopic (exact) mass is 348 g/mol. The highest BCUT2D eigenvalue weighted by atomic mass is 35.5. The van der Waals surface area contributed by atoms with Crippen molar-refractivity contribution in [2.24, 2.45) is 5.73 Å². The highest BCUT2D eigenvalue weighted by Gasteiger charge is 2.22. The van der Waals surface area contributed by atoms with Crippen LogP contribution in [-0.4, -0.2) is 38.7 Å². The zero-order valence-electron chi connectivity index (χ0n) is 11.6. The molecule has 3 N–H and O–H groups in total. The third kappa shape index (κ3) is 4.71. The van der Waals surface area contributed by atoms with Crippen LogP contribution in [0.15, 0.2) is 23.1 Å². The molecule has 0 aliphatic rings. The van der Waals surface area contributed by atoms with E-state index in [4.69, 9.17) is 22.1 Å². The summed E-state index contributed by atoms with van der Waals surface area (Å²) in [5.74, 6) is -1.93. The molecule has 0 unspecified atom stereocenters. The Kier molecular flexibility index (Phi) is 5.50. The van der Waals surface area contributed by atoms with Gasteiger partial charge < -0.3 is 10.5 Å². The van der Waals surface area contributed by atoms with Gasteiger partial charge in [0.05, 0.1) is 15.5 Å². The molecule has 22 heavy (non-hydrogen) atoms. The molecular weight excluding hydrogens is 336 g/mol. The summed E-state index contributed by atoms with van der Waals surface area (Å²) < 4.78 is 27.7. The van der Waals surface area contributed by atoms with Crippen LogP contribution in [0.5, 0.6) is 0 Å². The number of sulfone groups is 1. The minimum absolute atomic E-state index is 0.0418. The molecule has 0 aliphatic carbocycles. The first-order valence-corrected chi connectivity index (χ1v) is 8.10. The zero-order valence-corrected chi connectivity index (χ0v) is 13.2. The quantitative estimate of drug-likeness (QED) is 0.760. The molecule has 0 radical (unpaired) electrons. The van der Waals surface area contributed by atoms with Crippen molar-refractivity contribution in [2.75, 3.05) is 6.26 Å². The maximum absolute atomic E-state index is 11.9. The maximum Gasteiger partial charge on any atom is 0.340 e. The Morgan fingerprint density at radius 1 is 1.32 bits per heavy atom. The molecule has 0 bridgehead atoms. The molecule has 0 saturated carbocycles. The lowest BCUT2D eigenvalue weighted by molar-refractivity contribution is -0.127. The summed E-state index contributed by atoms with van der Waals surface area (Å²) in [7, 11) is -3.54. The van der Waals surface area contributed by atoms with Crippen molar-refractivity contribution in [1.82, 2.24) is 5.32 Å². The second-order valence-electron chi connectivity index (χ2n) is 4.31. The van der Waals surface area contributed by atoms with Crippen molar-refractivity contribution in [2.45, 2.75) is 17.9 Å². The van der Waals surface area contributed by atoms with Crippen LogP contribution in [0.3, 0.4) is 0 Å². The number of hydrogen-bond acceptors (Lipinski definition) is 6. The zero-order chi connectivity index (χ0) is 17.1. The number of hydrogen-bond donors (Lipinski definition) is 2. The molecule has 0 saturated heterocycles. The van der Waals surface area contributed by atoms with Crippen LogP contribution < -0.4 is 11.1 Å². The second-order valence-corrected chi connectivity index (χ2v) is 6.74. The van der Waals surface area contributed by atoms with Crippen molar-refractivity contribution < 1.29 is 27.5 Å². The van der Waals surface area contributed by atoms with Crippen molar-refractivity contribution in [3.05, 3.63) is 28.8 Å². The van der Waals surface area contributed by atoms with Gasteiger partial charge in [-0.25, -0.2) is 18.0 Å². The van der Waals surface area contributed by atoms with E-state index in [-0.39, 0.29) is 15.5 Å². The molecule has 1 rings (SSSR count). The number of ether oxygens (including phenoxy) is 1. The first-order chi connectivity index (χ1) is 10.0. The van der Waals surface area contributed by atoms with Crippen molar-refractivity contribution in [3.63, 3.8) is 0 Å². The SMILES string of the molecule is C[C@H](OC(=O)c1cc(S(C)(=O)=O)ccc1Cl)C(=O)NC(N)=O. The number of carbonyl (C=O) groups excluding carboxylic acids is 3. The van der Waals surface area contributed by atoms with E-state index in [0.29, 0.717) is 0 Å². The number of halogens is 1. The highest BCUT2D eigenvalue weighted by molar-refractivity contribution is 7.90. The first-order valence-electron chi connectivity index (χ1n) is 5.83. The van der Waals surface area contributed by atoms with Crippen LogP contribution in [0, 0.1) is 0 Å². The van der Waals surface area contributed by atoms with Crippen molar-refractivity contribution in [3.8, 4) is 0 Å². The summed E-state index contributed by atoms with van der Waals surface area (Å²) in [6, 6.07) is 2.41. The third-order valence-electron chi connectivity index (χ3n) is 2.49. The van der Waals surface area contributed by atoms with E-state index in [9.17, 15) is 22.8 Å². The summed E-state index contributed by atoms with van der Waals surface area (Å²) in [6.07, 6.45) is -0.355. The van der Waals surface area contributed by atoms with Gasteiger partial charge in [-0.2, -0.15) is 0 Å². The molecule has 0 heterocycles. The van der Waals surface area contributed by atoms with E-state index in [0.717, 1.165) is 12.3 Å². The van der Waals surface area contributed by atoms with E-state index in [1.54, 1.807) is 5.32 Å². The molecule has 0 spiro atoms. The average Bonchev–Trinajstić information content (AvgIpc) is 2.36. The number of imide groups is 1. The van der Waals surface area contributed by atoms with Gasteiger partial charge in [0.25, 0.3) is 5.91 Å². The molecule has 1 aromatic carbocycles. The van der Waals surface area contributed by atoms with E-state index < -0.39 is 33.8 Å². The lowest BCUT2D eigenvalue weighted by Gasteiger charge is -2.13. The summed E-state index contributed by atoms with van der Waals surface area (Å²) in [6.45, 7) is 1.21. The molecule has 10 heteroatoms. The number of esters is 1. The molecular formula is C12H13ClN2O6S. The van der Waals surface area contributed by atoms with Crippen LogP contribution in [-0.2, 0) is 19.4 Å². The minimum atomic E-state index is -3.54. The molecule has 1 atom stereocenters. The van der Waals surface area contributed by atoms with Gasteiger partial charge in [0.2, 0.25) is 0 Å². The Hall–Kier alpha value is -2.13. The summed E-state index contributed by atoms with van der Waals surface area (Å²) in [5.41, 5.74) is 4.55. The Morgan fingerprint density at radius 3 is 2.41 bits per heavy atom. The minimum Gasteiger partial charge on any atom is -0.449 e. The number of carbonyl (C=O) groups is 3. The Labute approximate surface area is 131 Å². The van der Waals surface area contributed by atoms with Gasteiger partial charge in [-0.15, -0.1) is 0 Å². The summed E-state index contributed by atoms with van der Waals surface area (Å²) >= 11 is 5.82. The van der Waals surface area contributed by atoms with Crippen LogP contribution in [0.25, 0.3) is 0 Å². The van der Waals surface area contributed by atoms with Crippen molar-refractivity contribution in [1.29, 1.82) is 0 Å². The first kappa shape index (κ1) is 17.9. The topological polar surface area (TPSA) is 133 Å². The lowest BCUT2D eigenvalue weighted by atomic mass is 10.2. The normalized spacial score (nSPS) is 12.3. The van der Waals surface area contributed by atoms with Gasteiger partial charge in [0.1, 0.15) is 0 Å². The number of nitrogens with two attached hydrogens (primary N) is 1. The molecule has 0 fully saturated rings. The second kappa shape index (κ2) is 6.75. The highest BCUT2D eigenvalue weighted by Crippen LogP contribution is 2.21. The van der Waals surface area contributed by atoms with Gasteiger partial charge in [0, 0.05) is 6.26 Å². The molecule has 0 aromatic heterocycles. The van der Waals surface area contributed by atoms with Crippen LogP contribution >= 0.6 is 11.6 Å². The number of amides is 3. The van der Waals surface area contributed by atoms with E-state index in [2.05, 4.69) is 0 Å². The van der Waals surface area contributed by atoms with Crippen LogP contribution in [0.4, 0.5) is 4.79 Å². The van der Waals surface area contributed by atoms with E-state index >= 15 is 0 Å². The average molecular weight is 349 g/mol. The lowest BCUT2D eigenvalue weighted by Crippen LogP contribution is -2.42. The largest absolute Gasteiger partial charge is 0.449 e. The van der Waals surface area contributed by atoms with Gasteiger partial charge in [-0.05, 0) is 25.1 Å². The number of benzene rings is 1. The molecule has 0 aliphatic heterocycles. The Balaban J connectivity index is 2.99. The summed E-state index contributed by atoms with van der Waals surface area (Å²) in [5, 5.41) is 1.70. The number of nitrogens with one attached hydrogen (secondary N) is 1. The molecule has 1 aromatic rings. The fraction of sp³-hybridized carbons (Fsp3) is 0.250. The number of rotatable bonds is 4. The van der Waals surface area contributed by atoms with Crippen LogP contribution in [0.1, 0.15) is 17.3 Å². The fourth-order valence-corrected chi connectivity index (χ4v) is 2.23. The Bertz CT molecular complexity index is 731. The van der Waals surface area contributed by atoms with Gasteiger partial charge in [-0.3, -0.25) is 10.1 Å². The standard InChI is InChI=1S/C12H13ClN2O6S/c1-6(10(16)15-12(14)18)21-11(17)8-5-7(22(2,19)20)3-4-9(8)13/h3-6H,1-2H3,(H3,14,15,16,18)/t6-/m0/s1. The van der Waals surface area contributed by atoms with Gasteiger partial charge in [0.15, 0.2) is 15.9 Å². The number of urea groups is 1. The van der Waals surface area contributed by atoms with E-state index in [1.807, 2.05) is 0 Å². The fourth-order valence-electron chi connectivity index (χ4n) is 1.39. The predicted molar refractivity (Wildman–Crippen MR) is 77.2 cm³/mol. The van der Waals surface area contributed by atoms with Gasteiger partial charge >= 0.3 is 12.0 Å². The predicted octanol–water partition coefficient (Wildman–Crippen LogP) is 0.484. The third-order valence-corrected chi connectivity index (χ3v) is 3.93. The van der Waals surface area contributed by atoms with Gasteiger partial charge in [-0.1, -0.05) is 11.6 Å². The van der Waals surface area contributed by atoms with E-state index in [1.165, 1.54) is 19.1 Å². The smallest absolute Gasteiger partial charge is 0.340 e. The maximum atomic E-state index is 11.9. The molecule has 8 nitrogen and oxygen atoms in total. The number of primary amides is 1. The van der Waals surface area contributed by atoms with Crippen molar-refractivity contribution >= 4 is 39.3 Å². The Morgan fingerprint density at radius 2 is 1.91 bits per heavy atom. The molecule has 3 amide bonds. The summed E-state index contributed by atoms with van der Waals surface area (Å²) in [4.78, 5) is 33.8. The molecule has 120 valence electrons. The van der Waals surface area contributed by atoms with Crippen LogP contribution in [0.2, 0.25) is 5.02 Å².